The van der Waals surface area contributed by atoms with Crippen LogP contribution >= 0.6 is 0 Å². The summed E-state index contributed by atoms with van der Waals surface area (Å²) in [6.07, 6.45) is -0.807. The molecule has 0 aromatic heterocycles. The van der Waals surface area contributed by atoms with E-state index in [9.17, 15) is 9.59 Å². The molecule has 2 aromatic rings. The minimum Gasteiger partial charge on any atom is -0.480 e. The molecule has 2 rings (SSSR count). The Bertz CT molecular complexity index is 620. The van der Waals surface area contributed by atoms with Gasteiger partial charge in [-0.2, -0.15) is 0 Å². The first-order chi connectivity index (χ1) is 9.08. The molecular weight excluding hydrogens is 244 g/mol. The van der Waals surface area contributed by atoms with E-state index < -0.39 is 18.0 Å². The van der Waals surface area contributed by atoms with Gasteiger partial charge in [0.15, 0.2) is 6.10 Å². The van der Waals surface area contributed by atoms with E-state index in [-0.39, 0.29) is 0 Å². The lowest BCUT2D eigenvalue weighted by molar-refractivity contribution is -0.126. The Morgan fingerprint density at radius 2 is 1.84 bits per heavy atom. The molecule has 0 aliphatic heterocycles. The highest BCUT2D eigenvalue weighted by Gasteiger charge is 2.16. The molecule has 0 heterocycles. The van der Waals surface area contributed by atoms with Gasteiger partial charge in [-0.05, 0) is 18.4 Å². The molecule has 2 aromatic carbocycles. The maximum Gasteiger partial charge on any atom is 0.318 e. The Kier molecular flexibility index (Phi) is 3.66. The molecule has 0 saturated carbocycles. The maximum atomic E-state index is 11.6. The second kappa shape index (κ2) is 5.39. The van der Waals surface area contributed by atoms with Crippen LogP contribution in [0.25, 0.3) is 10.8 Å². The van der Waals surface area contributed by atoms with Crippen molar-refractivity contribution in [3.8, 4) is 5.75 Å². The van der Waals surface area contributed by atoms with Gasteiger partial charge in [0.1, 0.15) is 5.75 Å². The number of ether oxygens (including phenoxy) is 1. The summed E-state index contributed by atoms with van der Waals surface area (Å²) in [6, 6.07) is 12.4. The first-order valence-electron chi connectivity index (χ1n) is 5.82. The Labute approximate surface area is 110 Å². The molecular formula is C14H14N2O3. The van der Waals surface area contributed by atoms with E-state index in [0.717, 1.165) is 10.8 Å². The lowest BCUT2D eigenvalue weighted by Crippen LogP contribution is -2.42. The van der Waals surface area contributed by atoms with Gasteiger partial charge in [-0.3, -0.25) is 10.1 Å². The molecule has 5 heteroatoms. The van der Waals surface area contributed by atoms with Gasteiger partial charge in [0.25, 0.3) is 5.91 Å². The number of primary amides is 1. The van der Waals surface area contributed by atoms with Gasteiger partial charge in [-0.15, -0.1) is 0 Å². The minimum atomic E-state index is -0.890. The summed E-state index contributed by atoms with van der Waals surface area (Å²) in [7, 11) is 0. The highest BCUT2D eigenvalue weighted by Crippen LogP contribution is 2.25. The molecule has 0 aliphatic carbocycles. The highest BCUT2D eigenvalue weighted by molar-refractivity contribution is 5.96. The van der Waals surface area contributed by atoms with E-state index in [1.54, 1.807) is 13.0 Å². The summed E-state index contributed by atoms with van der Waals surface area (Å²) >= 11 is 0. The zero-order valence-electron chi connectivity index (χ0n) is 10.4. The number of imide groups is 1. The summed E-state index contributed by atoms with van der Waals surface area (Å²) in [4.78, 5) is 22.2. The number of nitrogens with one attached hydrogen (secondary N) is 1. The molecule has 1 atom stereocenters. The normalized spacial score (nSPS) is 11.8. The monoisotopic (exact) mass is 258 g/mol. The Balaban J connectivity index is 2.21. The van der Waals surface area contributed by atoms with Crippen LogP contribution in [-0.2, 0) is 4.79 Å². The predicted octanol–water partition coefficient (Wildman–Crippen LogP) is 1.80. The maximum absolute atomic E-state index is 11.6. The third-order valence-electron chi connectivity index (χ3n) is 2.67. The molecule has 0 saturated heterocycles. The van der Waals surface area contributed by atoms with Gasteiger partial charge < -0.3 is 10.5 Å². The van der Waals surface area contributed by atoms with E-state index >= 15 is 0 Å². The van der Waals surface area contributed by atoms with Crippen LogP contribution in [0.2, 0.25) is 0 Å². The SMILES string of the molecule is CC(Oc1cccc2ccccc12)C(=O)NC(N)=O. The fraction of sp³-hybridized carbons (Fsp3) is 0.143. The molecule has 3 N–H and O–H groups in total. The first-order valence-corrected chi connectivity index (χ1v) is 5.82. The van der Waals surface area contributed by atoms with Crippen LogP contribution < -0.4 is 15.8 Å². The third kappa shape index (κ3) is 3.01. The molecule has 0 spiro atoms. The van der Waals surface area contributed by atoms with Crippen molar-refractivity contribution in [2.45, 2.75) is 13.0 Å². The fourth-order valence-electron chi connectivity index (χ4n) is 1.77. The summed E-state index contributed by atoms with van der Waals surface area (Å²) in [5.41, 5.74) is 4.89. The lowest BCUT2D eigenvalue weighted by atomic mass is 10.1. The molecule has 19 heavy (non-hydrogen) atoms. The Morgan fingerprint density at radius 1 is 1.16 bits per heavy atom. The molecule has 0 aliphatic rings. The average Bonchev–Trinajstić information content (AvgIpc) is 2.38. The number of hydrogen-bond acceptors (Lipinski definition) is 3. The van der Waals surface area contributed by atoms with E-state index in [1.165, 1.54) is 0 Å². The van der Waals surface area contributed by atoms with Crippen molar-refractivity contribution in [1.29, 1.82) is 0 Å². The number of carbonyl (C=O) groups excluding carboxylic acids is 2. The molecule has 0 bridgehead atoms. The fourth-order valence-corrected chi connectivity index (χ4v) is 1.77. The summed E-state index contributed by atoms with van der Waals surface area (Å²) < 4.78 is 5.57. The number of amides is 3. The molecule has 98 valence electrons. The van der Waals surface area contributed by atoms with Gasteiger partial charge in [0, 0.05) is 5.39 Å². The van der Waals surface area contributed by atoms with Gasteiger partial charge in [0.05, 0.1) is 0 Å². The van der Waals surface area contributed by atoms with Crippen LogP contribution in [-0.4, -0.2) is 18.0 Å². The van der Waals surface area contributed by atoms with Gasteiger partial charge >= 0.3 is 6.03 Å². The number of rotatable bonds is 3. The largest absolute Gasteiger partial charge is 0.480 e. The minimum absolute atomic E-state index is 0.569. The van der Waals surface area contributed by atoms with Crippen molar-refractivity contribution in [2.24, 2.45) is 5.73 Å². The summed E-state index contributed by atoms with van der Waals surface area (Å²) in [5.74, 6) is 0.0191. The Morgan fingerprint density at radius 3 is 2.58 bits per heavy atom. The third-order valence-corrected chi connectivity index (χ3v) is 2.67. The van der Waals surface area contributed by atoms with E-state index in [0.29, 0.717) is 5.75 Å². The van der Waals surface area contributed by atoms with Crippen LogP contribution in [0.15, 0.2) is 42.5 Å². The second-order valence-corrected chi connectivity index (χ2v) is 4.09. The van der Waals surface area contributed by atoms with Crippen molar-refractivity contribution in [3.05, 3.63) is 42.5 Å². The summed E-state index contributed by atoms with van der Waals surface area (Å²) in [5, 5.41) is 3.91. The van der Waals surface area contributed by atoms with Crippen LogP contribution in [0.4, 0.5) is 4.79 Å². The predicted molar refractivity (Wildman–Crippen MR) is 71.8 cm³/mol. The molecule has 1 unspecified atom stereocenters. The van der Waals surface area contributed by atoms with Crippen molar-refractivity contribution in [3.63, 3.8) is 0 Å². The van der Waals surface area contributed by atoms with Crippen molar-refractivity contribution >= 4 is 22.7 Å². The van der Waals surface area contributed by atoms with E-state index in [4.69, 9.17) is 10.5 Å². The van der Waals surface area contributed by atoms with E-state index in [1.807, 2.05) is 41.7 Å². The quantitative estimate of drug-likeness (QED) is 0.880. The average molecular weight is 258 g/mol. The molecule has 0 radical (unpaired) electrons. The summed E-state index contributed by atoms with van der Waals surface area (Å²) in [6.45, 7) is 1.56. The van der Waals surface area contributed by atoms with Crippen LogP contribution in [0, 0.1) is 0 Å². The number of nitrogens with two attached hydrogens (primary N) is 1. The van der Waals surface area contributed by atoms with E-state index in [2.05, 4.69) is 0 Å². The molecule has 3 amide bonds. The standard InChI is InChI=1S/C14H14N2O3/c1-9(13(17)16-14(15)18)19-12-8-4-6-10-5-2-3-7-11(10)12/h2-9H,1H3,(H3,15,16,17,18). The van der Waals surface area contributed by atoms with Crippen LogP contribution in [0.5, 0.6) is 5.75 Å². The highest BCUT2D eigenvalue weighted by atomic mass is 16.5. The first kappa shape index (κ1) is 12.9. The molecule has 5 nitrogen and oxygen atoms in total. The smallest absolute Gasteiger partial charge is 0.318 e. The lowest BCUT2D eigenvalue weighted by Gasteiger charge is -2.15. The van der Waals surface area contributed by atoms with Crippen LogP contribution in [0.1, 0.15) is 6.92 Å². The Hall–Kier alpha value is -2.56. The van der Waals surface area contributed by atoms with Crippen molar-refractivity contribution < 1.29 is 14.3 Å². The molecule has 0 fully saturated rings. The van der Waals surface area contributed by atoms with Gasteiger partial charge in [-0.1, -0.05) is 36.4 Å². The van der Waals surface area contributed by atoms with Crippen molar-refractivity contribution in [1.82, 2.24) is 5.32 Å². The van der Waals surface area contributed by atoms with Crippen molar-refractivity contribution in [2.75, 3.05) is 0 Å². The topological polar surface area (TPSA) is 81.4 Å². The van der Waals surface area contributed by atoms with Gasteiger partial charge in [-0.25, -0.2) is 4.79 Å². The number of fused-ring (bicyclic) bond motifs is 1. The number of carbonyl (C=O) groups is 2. The van der Waals surface area contributed by atoms with Crippen LogP contribution in [0.3, 0.4) is 0 Å². The number of benzene rings is 2. The zero-order chi connectivity index (χ0) is 13.8. The number of hydrogen-bond donors (Lipinski definition) is 2. The number of urea groups is 1. The van der Waals surface area contributed by atoms with Gasteiger partial charge in [0.2, 0.25) is 0 Å². The second-order valence-electron chi connectivity index (χ2n) is 4.09. The zero-order valence-corrected chi connectivity index (χ0v) is 10.4.